The summed E-state index contributed by atoms with van der Waals surface area (Å²) in [7, 11) is 0. The highest BCUT2D eigenvalue weighted by Gasteiger charge is 2.22. The Hall–Kier alpha value is -3.51. The van der Waals surface area contributed by atoms with Crippen molar-refractivity contribution in [3.8, 4) is 11.1 Å². The molecule has 32 heavy (non-hydrogen) atoms. The Morgan fingerprint density at radius 1 is 0.938 bits per heavy atom. The summed E-state index contributed by atoms with van der Waals surface area (Å²) < 4.78 is 15.0. The minimum atomic E-state index is -0.262. The molecule has 2 aromatic carbocycles. The number of hydrogen-bond donors (Lipinski definition) is 1. The van der Waals surface area contributed by atoms with E-state index in [9.17, 15) is 9.18 Å². The van der Waals surface area contributed by atoms with Gasteiger partial charge in [0.2, 0.25) is 0 Å². The summed E-state index contributed by atoms with van der Waals surface area (Å²) in [5, 5.41) is 3.15. The molecule has 1 aliphatic rings. The maximum atomic E-state index is 13.2. The van der Waals surface area contributed by atoms with E-state index in [1.54, 1.807) is 18.3 Å². The molecule has 0 saturated carbocycles. The average molecular weight is 429 g/mol. The van der Waals surface area contributed by atoms with Gasteiger partial charge in [0.15, 0.2) is 0 Å². The number of carbonyl (C=O) groups excluding carboxylic acids is 1. The number of aromatic nitrogens is 2. The zero-order chi connectivity index (χ0) is 21.9. The first kappa shape index (κ1) is 20.4. The quantitative estimate of drug-likeness (QED) is 0.508. The lowest BCUT2D eigenvalue weighted by Gasteiger charge is -2.32. The van der Waals surface area contributed by atoms with Crippen LogP contribution in [-0.4, -0.2) is 39.3 Å². The van der Waals surface area contributed by atoms with Crippen LogP contribution < -0.4 is 5.32 Å². The molecule has 0 bridgehead atoms. The maximum absolute atomic E-state index is 13.2. The number of hydrogen-bond acceptors (Lipinski definition) is 3. The van der Waals surface area contributed by atoms with Crippen molar-refractivity contribution in [1.82, 2.24) is 19.6 Å². The topological polar surface area (TPSA) is 49.6 Å². The van der Waals surface area contributed by atoms with Gasteiger partial charge < -0.3 is 9.72 Å². The summed E-state index contributed by atoms with van der Waals surface area (Å²) in [4.78, 5) is 19.7. The van der Waals surface area contributed by atoms with Crippen molar-refractivity contribution in [2.75, 3.05) is 13.1 Å². The molecule has 3 heterocycles. The third-order valence-electron chi connectivity index (χ3n) is 6.03. The van der Waals surface area contributed by atoms with Crippen LogP contribution in [0.2, 0.25) is 0 Å². The zero-order valence-corrected chi connectivity index (χ0v) is 17.7. The standard InChI is InChI=1S/C26H25FN4O/c27-22-9-6-20(7-10-22)21-8-11-25-29-24(18-31(25)17-21)26(32)28-23-12-14-30(15-13-23)16-19-4-2-1-3-5-19/h1-11,17-18,23H,12-16H2,(H,28,32). The van der Waals surface area contributed by atoms with Gasteiger partial charge in [0.05, 0.1) is 0 Å². The Bertz CT molecular complexity index is 1210. The highest BCUT2D eigenvalue weighted by atomic mass is 19.1. The van der Waals surface area contributed by atoms with E-state index in [2.05, 4.69) is 39.5 Å². The number of benzene rings is 2. The molecule has 0 spiro atoms. The maximum Gasteiger partial charge on any atom is 0.271 e. The third kappa shape index (κ3) is 4.55. The Kier molecular flexibility index (Phi) is 5.69. The smallest absolute Gasteiger partial charge is 0.271 e. The first-order valence-corrected chi connectivity index (χ1v) is 11.0. The predicted octanol–water partition coefficient (Wildman–Crippen LogP) is 4.53. The summed E-state index contributed by atoms with van der Waals surface area (Å²) in [6.07, 6.45) is 5.53. The monoisotopic (exact) mass is 428 g/mol. The number of amides is 1. The molecule has 2 aromatic heterocycles. The van der Waals surface area contributed by atoms with Crippen LogP contribution in [0, 0.1) is 5.82 Å². The van der Waals surface area contributed by atoms with E-state index in [1.165, 1.54) is 17.7 Å². The molecule has 0 unspecified atom stereocenters. The molecule has 1 saturated heterocycles. The van der Waals surface area contributed by atoms with E-state index in [0.717, 1.165) is 43.6 Å². The van der Waals surface area contributed by atoms with Crippen LogP contribution >= 0.6 is 0 Å². The average Bonchev–Trinajstić information content (AvgIpc) is 3.25. The van der Waals surface area contributed by atoms with Gasteiger partial charge in [-0.2, -0.15) is 0 Å². The van der Waals surface area contributed by atoms with E-state index < -0.39 is 0 Å². The van der Waals surface area contributed by atoms with E-state index in [4.69, 9.17) is 0 Å². The molecular weight excluding hydrogens is 403 g/mol. The number of rotatable bonds is 5. The van der Waals surface area contributed by atoms with Gasteiger partial charge in [-0.3, -0.25) is 9.69 Å². The number of carbonyl (C=O) groups is 1. The molecule has 0 radical (unpaired) electrons. The largest absolute Gasteiger partial charge is 0.348 e. The second-order valence-electron chi connectivity index (χ2n) is 8.33. The summed E-state index contributed by atoms with van der Waals surface area (Å²) >= 11 is 0. The van der Waals surface area contributed by atoms with Gasteiger partial charge in [-0.25, -0.2) is 9.37 Å². The molecule has 1 N–H and O–H groups in total. The fraction of sp³-hybridized carbons (Fsp3) is 0.231. The fourth-order valence-corrected chi connectivity index (χ4v) is 4.25. The highest BCUT2D eigenvalue weighted by molar-refractivity contribution is 5.93. The summed E-state index contributed by atoms with van der Waals surface area (Å²) in [5.41, 5.74) is 4.29. The van der Waals surface area contributed by atoms with Crippen LogP contribution in [0.5, 0.6) is 0 Å². The number of nitrogens with one attached hydrogen (secondary N) is 1. The van der Waals surface area contributed by atoms with Crippen molar-refractivity contribution in [3.63, 3.8) is 0 Å². The van der Waals surface area contributed by atoms with Crippen LogP contribution in [0.4, 0.5) is 4.39 Å². The van der Waals surface area contributed by atoms with Crippen LogP contribution in [0.1, 0.15) is 28.9 Å². The highest BCUT2D eigenvalue weighted by Crippen LogP contribution is 2.21. The van der Waals surface area contributed by atoms with E-state index in [0.29, 0.717) is 11.3 Å². The van der Waals surface area contributed by atoms with Crippen LogP contribution in [0.25, 0.3) is 16.8 Å². The summed E-state index contributed by atoms with van der Waals surface area (Å²) in [5.74, 6) is -0.402. The van der Waals surface area contributed by atoms with Gasteiger partial charge in [-0.1, -0.05) is 42.5 Å². The molecule has 162 valence electrons. The number of imidazole rings is 1. The molecule has 5 nitrogen and oxygen atoms in total. The van der Waals surface area contributed by atoms with Gasteiger partial charge in [0, 0.05) is 38.1 Å². The molecule has 1 amide bonds. The molecule has 4 aromatic rings. The molecule has 1 fully saturated rings. The molecule has 6 heteroatoms. The lowest BCUT2D eigenvalue weighted by Crippen LogP contribution is -2.44. The Balaban J connectivity index is 1.21. The third-order valence-corrected chi connectivity index (χ3v) is 6.03. The number of nitrogens with zero attached hydrogens (tertiary/aromatic N) is 3. The van der Waals surface area contributed by atoms with E-state index in [1.807, 2.05) is 28.8 Å². The van der Waals surface area contributed by atoms with Gasteiger partial charge in [-0.05, 0) is 53.8 Å². The van der Waals surface area contributed by atoms with E-state index in [-0.39, 0.29) is 17.8 Å². The number of likely N-dealkylation sites (tertiary alicyclic amines) is 1. The van der Waals surface area contributed by atoms with E-state index >= 15 is 0 Å². The number of piperidine rings is 1. The molecule has 0 atom stereocenters. The van der Waals surface area contributed by atoms with Crippen LogP contribution in [-0.2, 0) is 6.54 Å². The number of halogens is 1. The summed E-state index contributed by atoms with van der Waals surface area (Å²) in [6, 6.07) is 20.8. The van der Waals surface area contributed by atoms with Gasteiger partial charge >= 0.3 is 0 Å². The first-order chi connectivity index (χ1) is 15.6. The SMILES string of the molecule is O=C(NC1CCN(Cc2ccccc2)CC1)c1cn2cc(-c3ccc(F)cc3)ccc2n1. The molecule has 1 aliphatic heterocycles. The zero-order valence-electron chi connectivity index (χ0n) is 17.7. The minimum Gasteiger partial charge on any atom is -0.348 e. The van der Waals surface area contributed by atoms with Gasteiger partial charge in [-0.15, -0.1) is 0 Å². The molecular formula is C26H25FN4O. The number of fused-ring (bicyclic) bond motifs is 1. The predicted molar refractivity (Wildman–Crippen MR) is 123 cm³/mol. The van der Waals surface area contributed by atoms with Crippen molar-refractivity contribution in [2.24, 2.45) is 0 Å². The second-order valence-corrected chi connectivity index (χ2v) is 8.33. The first-order valence-electron chi connectivity index (χ1n) is 11.0. The van der Waals surface area contributed by atoms with Crippen molar-refractivity contribution in [2.45, 2.75) is 25.4 Å². The van der Waals surface area contributed by atoms with Crippen molar-refractivity contribution in [3.05, 3.63) is 96.2 Å². The lowest BCUT2D eigenvalue weighted by molar-refractivity contribution is 0.0904. The molecule has 5 rings (SSSR count). The lowest BCUT2D eigenvalue weighted by atomic mass is 10.0. The van der Waals surface area contributed by atoms with Crippen LogP contribution in [0.3, 0.4) is 0 Å². The summed E-state index contributed by atoms with van der Waals surface area (Å²) in [6.45, 7) is 2.88. The van der Waals surface area contributed by atoms with Crippen molar-refractivity contribution < 1.29 is 9.18 Å². The van der Waals surface area contributed by atoms with Crippen molar-refractivity contribution >= 4 is 11.6 Å². The molecule has 0 aliphatic carbocycles. The minimum absolute atomic E-state index is 0.140. The van der Waals surface area contributed by atoms with Crippen molar-refractivity contribution in [1.29, 1.82) is 0 Å². The van der Waals surface area contributed by atoms with Gasteiger partial charge in [0.1, 0.15) is 17.2 Å². The second kappa shape index (κ2) is 8.93. The fourth-order valence-electron chi connectivity index (χ4n) is 4.25. The normalized spacial score (nSPS) is 15.2. The van der Waals surface area contributed by atoms with Crippen LogP contribution in [0.15, 0.2) is 79.1 Å². The van der Waals surface area contributed by atoms with Gasteiger partial charge in [0.25, 0.3) is 5.91 Å². The number of pyridine rings is 1. The Morgan fingerprint density at radius 3 is 2.41 bits per heavy atom. The Morgan fingerprint density at radius 2 is 1.66 bits per heavy atom. The Labute approximate surface area is 186 Å².